The number of rotatable bonds is 9. The minimum atomic E-state index is 0.398. The number of nitrogens with one attached hydrogen (secondary N) is 2. The van der Waals surface area contributed by atoms with Crippen molar-refractivity contribution in [2.45, 2.75) is 19.6 Å². The number of halogens is 1. The summed E-state index contributed by atoms with van der Waals surface area (Å²) in [6.45, 7) is 1.96. The van der Waals surface area contributed by atoms with Crippen LogP contribution < -0.4 is 14.8 Å². The van der Waals surface area contributed by atoms with Gasteiger partial charge in [-0.15, -0.1) is 0 Å². The van der Waals surface area contributed by atoms with Gasteiger partial charge in [0, 0.05) is 31.3 Å². The predicted octanol–water partition coefficient (Wildman–Crippen LogP) is 4.53. The molecule has 0 bridgehead atoms. The second-order valence-corrected chi connectivity index (χ2v) is 7.28. The van der Waals surface area contributed by atoms with Gasteiger partial charge in [-0.2, -0.15) is 0 Å². The summed E-state index contributed by atoms with van der Waals surface area (Å²) in [6.07, 6.45) is 2.54. The third-order valence-electron chi connectivity index (χ3n) is 4.72. The number of imidazole rings is 1. The summed E-state index contributed by atoms with van der Waals surface area (Å²) < 4.78 is 11.4. The van der Waals surface area contributed by atoms with Crippen molar-refractivity contribution in [3.63, 3.8) is 0 Å². The zero-order valence-corrected chi connectivity index (χ0v) is 17.4. The van der Waals surface area contributed by atoms with Crippen LogP contribution in [0.15, 0.2) is 60.8 Å². The summed E-state index contributed by atoms with van der Waals surface area (Å²) in [4.78, 5) is 12.0. The summed E-state index contributed by atoms with van der Waals surface area (Å²) in [5.41, 5.74) is 4.14. The Morgan fingerprint density at radius 2 is 1.90 bits per heavy atom. The molecular formula is C23H23ClN4O2. The first kappa shape index (κ1) is 20.2. The van der Waals surface area contributed by atoms with Crippen LogP contribution in [0.3, 0.4) is 0 Å². The highest BCUT2D eigenvalue weighted by atomic mass is 35.5. The normalized spacial score (nSPS) is 11.0. The Labute approximate surface area is 180 Å². The molecule has 2 heterocycles. The molecule has 0 radical (unpaired) electrons. The van der Waals surface area contributed by atoms with Crippen molar-refractivity contribution in [3.8, 4) is 11.5 Å². The number of ether oxygens (including phenoxy) is 2. The molecule has 6 nitrogen and oxygen atoms in total. The summed E-state index contributed by atoms with van der Waals surface area (Å²) in [7, 11) is 1.64. The second-order valence-electron chi connectivity index (χ2n) is 6.89. The quantitative estimate of drug-likeness (QED) is 0.306. The topological polar surface area (TPSA) is 72.1 Å². The average Bonchev–Trinajstić information content (AvgIpc) is 3.19. The smallest absolute Gasteiger partial charge is 0.161 e. The molecule has 2 aromatic heterocycles. The van der Waals surface area contributed by atoms with Crippen LogP contribution in [0.4, 0.5) is 0 Å². The van der Waals surface area contributed by atoms with Crippen LogP contribution in [0.25, 0.3) is 11.0 Å². The molecule has 0 saturated heterocycles. The molecule has 154 valence electrons. The number of pyridine rings is 1. The Morgan fingerprint density at radius 3 is 2.70 bits per heavy atom. The van der Waals surface area contributed by atoms with Gasteiger partial charge in [0.15, 0.2) is 11.5 Å². The second kappa shape index (κ2) is 9.61. The van der Waals surface area contributed by atoms with E-state index in [1.165, 1.54) is 0 Å². The zero-order valence-electron chi connectivity index (χ0n) is 16.7. The number of hydrogen-bond donors (Lipinski definition) is 2. The zero-order chi connectivity index (χ0) is 20.8. The SMILES string of the molecule is COc1cc(CNCCc2nc3ccccc3[nH]2)ccc1OCc1ccc(Cl)nc1. The Balaban J connectivity index is 1.29. The van der Waals surface area contributed by atoms with E-state index in [-0.39, 0.29) is 0 Å². The Bertz CT molecular complexity index is 1080. The van der Waals surface area contributed by atoms with E-state index < -0.39 is 0 Å². The van der Waals surface area contributed by atoms with Crippen LogP contribution in [0.2, 0.25) is 5.15 Å². The van der Waals surface area contributed by atoms with Crippen LogP contribution in [0.5, 0.6) is 11.5 Å². The number of methoxy groups -OCH3 is 1. The number of nitrogens with zero attached hydrogens (tertiary/aromatic N) is 2. The maximum absolute atomic E-state index is 5.88. The van der Waals surface area contributed by atoms with E-state index in [1.54, 1.807) is 19.4 Å². The lowest BCUT2D eigenvalue weighted by molar-refractivity contribution is 0.284. The minimum absolute atomic E-state index is 0.398. The van der Waals surface area contributed by atoms with E-state index in [4.69, 9.17) is 21.1 Å². The van der Waals surface area contributed by atoms with E-state index in [0.29, 0.717) is 23.3 Å². The van der Waals surface area contributed by atoms with Crippen LogP contribution in [0.1, 0.15) is 17.0 Å². The molecule has 0 fully saturated rings. The van der Waals surface area contributed by atoms with Crippen LogP contribution in [0, 0.1) is 0 Å². The van der Waals surface area contributed by atoms with E-state index >= 15 is 0 Å². The van der Waals surface area contributed by atoms with Crippen molar-refractivity contribution in [3.05, 3.63) is 82.9 Å². The van der Waals surface area contributed by atoms with Crippen molar-refractivity contribution in [1.82, 2.24) is 20.3 Å². The lowest BCUT2D eigenvalue weighted by Crippen LogP contribution is -2.17. The molecular weight excluding hydrogens is 400 g/mol. The molecule has 0 atom stereocenters. The number of fused-ring (bicyclic) bond motifs is 1. The van der Waals surface area contributed by atoms with Gasteiger partial charge < -0.3 is 19.8 Å². The van der Waals surface area contributed by atoms with Crippen molar-refractivity contribution < 1.29 is 9.47 Å². The van der Waals surface area contributed by atoms with Gasteiger partial charge >= 0.3 is 0 Å². The Morgan fingerprint density at radius 1 is 1.03 bits per heavy atom. The summed E-state index contributed by atoms with van der Waals surface area (Å²) >= 11 is 5.82. The maximum atomic E-state index is 5.88. The first-order chi connectivity index (χ1) is 14.7. The molecule has 0 spiro atoms. The van der Waals surface area contributed by atoms with Gasteiger partial charge in [-0.25, -0.2) is 9.97 Å². The lowest BCUT2D eigenvalue weighted by atomic mass is 10.2. The molecule has 0 aliphatic heterocycles. The molecule has 2 aromatic carbocycles. The molecule has 4 rings (SSSR count). The van der Waals surface area contributed by atoms with Crippen molar-refractivity contribution in [1.29, 1.82) is 0 Å². The molecule has 0 unspecified atom stereocenters. The number of H-pyrrole nitrogens is 1. The van der Waals surface area contributed by atoms with Crippen LogP contribution >= 0.6 is 11.6 Å². The number of aromatic amines is 1. The fourth-order valence-corrected chi connectivity index (χ4v) is 3.27. The largest absolute Gasteiger partial charge is 0.493 e. The number of benzene rings is 2. The lowest BCUT2D eigenvalue weighted by Gasteiger charge is -2.12. The number of hydrogen-bond acceptors (Lipinski definition) is 5. The van der Waals surface area contributed by atoms with E-state index in [0.717, 1.165) is 47.5 Å². The van der Waals surface area contributed by atoms with Gasteiger partial charge in [-0.1, -0.05) is 35.9 Å². The summed E-state index contributed by atoms with van der Waals surface area (Å²) in [5.74, 6) is 2.38. The highest BCUT2D eigenvalue weighted by Gasteiger charge is 2.07. The summed E-state index contributed by atoms with van der Waals surface area (Å²) in [5, 5.41) is 3.92. The van der Waals surface area contributed by atoms with E-state index in [9.17, 15) is 0 Å². The van der Waals surface area contributed by atoms with Gasteiger partial charge in [0.25, 0.3) is 0 Å². The van der Waals surface area contributed by atoms with E-state index in [1.807, 2.05) is 48.5 Å². The number of aromatic nitrogens is 3. The standard InChI is InChI=1S/C23H23ClN4O2/c1-29-21-12-16(6-8-20(21)30-15-17-7-9-22(24)26-14-17)13-25-11-10-23-27-18-4-2-3-5-19(18)28-23/h2-9,12,14,25H,10-11,13,15H2,1H3,(H,27,28). The Kier molecular flexibility index (Phi) is 6.47. The molecule has 0 saturated carbocycles. The average molecular weight is 423 g/mol. The highest BCUT2D eigenvalue weighted by Crippen LogP contribution is 2.29. The highest BCUT2D eigenvalue weighted by molar-refractivity contribution is 6.29. The van der Waals surface area contributed by atoms with Crippen molar-refractivity contribution >= 4 is 22.6 Å². The van der Waals surface area contributed by atoms with Gasteiger partial charge in [0.05, 0.1) is 18.1 Å². The third kappa shape index (κ3) is 5.09. The fraction of sp³-hybridized carbons (Fsp3) is 0.217. The molecule has 7 heteroatoms. The molecule has 0 aliphatic rings. The monoisotopic (exact) mass is 422 g/mol. The van der Waals surface area contributed by atoms with Crippen LogP contribution in [-0.4, -0.2) is 28.6 Å². The van der Waals surface area contributed by atoms with Gasteiger partial charge in [0.1, 0.15) is 17.6 Å². The van der Waals surface area contributed by atoms with Crippen molar-refractivity contribution in [2.24, 2.45) is 0 Å². The summed E-state index contributed by atoms with van der Waals surface area (Å²) in [6, 6.07) is 17.7. The molecule has 30 heavy (non-hydrogen) atoms. The first-order valence-corrected chi connectivity index (χ1v) is 10.1. The fourth-order valence-electron chi connectivity index (χ4n) is 3.16. The predicted molar refractivity (Wildman–Crippen MR) is 118 cm³/mol. The third-order valence-corrected chi connectivity index (χ3v) is 4.94. The molecule has 2 N–H and O–H groups in total. The number of para-hydroxylation sites is 2. The van der Waals surface area contributed by atoms with Gasteiger partial charge in [0.2, 0.25) is 0 Å². The Hall–Kier alpha value is -3.09. The van der Waals surface area contributed by atoms with Gasteiger partial charge in [-0.3, -0.25) is 0 Å². The van der Waals surface area contributed by atoms with Crippen molar-refractivity contribution in [2.75, 3.05) is 13.7 Å². The first-order valence-electron chi connectivity index (χ1n) is 9.76. The molecule has 0 aliphatic carbocycles. The van der Waals surface area contributed by atoms with Gasteiger partial charge in [-0.05, 0) is 35.9 Å². The maximum Gasteiger partial charge on any atom is 0.161 e. The van der Waals surface area contributed by atoms with E-state index in [2.05, 4.69) is 20.3 Å². The minimum Gasteiger partial charge on any atom is -0.493 e. The molecule has 0 amide bonds. The van der Waals surface area contributed by atoms with Crippen LogP contribution in [-0.2, 0) is 19.6 Å². The molecule has 4 aromatic rings.